The number of anilines is 2. The number of nitrogens with zero attached hydrogens (tertiary/aromatic N) is 5. The van der Waals surface area contributed by atoms with E-state index in [2.05, 4.69) is 25.8 Å². The van der Waals surface area contributed by atoms with Crippen LogP contribution < -0.4 is 27.6 Å². The summed E-state index contributed by atoms with van der Waals surface area (Å²) in [6.45, 7) is 8.41. The minimum Gasteiger partial charge on any atom is -0.457 e. The summed E-state index contributed by atoms with van der Waals surface area (Å²) in [6.07, 6.45) is -1.02. The first-order valence-electron chi connectivity index (χ1n) is 13.1. The van der Waals surface area contributed by atoms with Crippen LogP contribution in [0.1, 0.15) is 53.4 Å². The summed E-state index contributed by atoms with van der Waals surface area (Å²) in [7, 11) is 3.05. The highest BCUT2D eigenvalue weighted by molar-refractivity contribution is 6.30. The van der Waals surface area contributed by atoms with Crippen LogP contribution in [0.3, 0.4) is 0 Å². The minimum absolute atomic E-state index is 0.0914. The molecule has 0 aliphatic carbocycles. The van der Waals surface area contributed by atoms with Crippen molar-refractivity contribution in [3.05, 3.63) is 35.2 Å². The van der Waals surface area contributed by atoms with Gasteiger partial charge in [0.05, 0.1) is 12.8 Å². The molecule has 2 aromatic rings. The molecule has 0 bridgehead atoms. The number of benzene rings is 1. The maximum atomic E-state index is 12.1. The van der Waals surface area contributed by atoms with Gasteiger partial charge in [0.1, 0.15) is 16.7 Å². The van der Waals surface area contributed by atoms with Gasteiger partial charge in [-0.2, -0.15) is 0 Å². The lowest BCUT2D eigenvalue weighted by atomic mass is 9.92. The van der Waals surface area contributed by atoms with E-state index in [0.29, 0.717) is 10.7 Å². The molecular weight excluding hydrogens is 584 g/mol. The van der Waals surface area contributed by atoms with Gasteiger partial charge in [-0.15, -0.1) is 5.10 Å². The Labute approximate surface area is 253 Å². The average molecular weight is 621 g/mol. The van der Waals surface area contributed by atoms with Crippen LogP contribution in [-0.4, -0.2) is 81.0 Å². The summed E-state index contributed by atoms with van der Waals surface area (Å²) < 4.78 is 10.8. The van der Waals surface area contributed by atoms with Gasteiger partial charge in [0.2, 0.25) is 17.7 Å². The largest absolute Gasteiger partial charge is 0.457 e. The van der Waals surface area contributed by atoms with Gasteiger partial charge in [-0.3, -0.25) is 30.0 Å². The molecule has 1 saturated heterocycles. The van der Waals surface area contributed by atoms with E-state index in [1.165, 1.54) is 23.8 Å². The molecule has 0 spiro atoms. The Morgan fingerprint density at radius 2 is 1.84 bits per heavy atom. The summed E-state index contributed by atoms with van der Waals surface area (Å²) in [5.74, 6) is 3.75. The minimum atomic E-state index is -1.25. The highest BCUT2D eigenvalue weighted by atomic mass is 35.5. The van der Waals surface area contributed by atoms with Crippen molar-refractivity contribution in [3.8, 4) is 0 Å². The Bertz CT molecular complexity index is 1430. The van der Waals surface area contributed by atoms with E-state index in [9.17, 15) is 19.2 Å². The number of likely N-dealkylation sites (N-methyl/N-ethyl adjacent to an activating group) is 1. The number of nitrogens with two attached hydrogens (primary N) is 2. The third kappa shape index (κ3) is 7.97. The molecule has 3 heterocycles. The van der Waals surface area contributed by atoms with E-state index in [4.69, 9.17) is 32.3 Å². The third-order valence-electron chi connectivity index (χ3n) is 6.54. The second-order valence-corrected chi connectivity index (χ2v) is 11.9. The lowest BCUT2D eigenvalue weighted by molar-refractivity contribution is -0.170. The Kier molecular flexibility index (Phi) is 9.68. The lowest BCUT2D eigenvalue weighted by Gasteiger charge is -2.42. The molecule has 0 radical (unpaired) electrons. The molecule has 1 fully saturated rings. The molecule has 7 N–H and O–H groups in total. The third-order valence-corrected chi connectivity index (χ3v) is 6.77. The van der Waals surface area contributed by atoms with E-state index in [-0.39, 0.29) is 42.5 Å². The number of hydrogen-bond donors (Lipinski definition) is 5. The number of guanidine groups is 1. The van der Waals surface area contributed by atoms with Crippen LogP contribution >= 0.6 is 11.6 Å². The molecule has 4 rings (SSSR count). The van der Waals surface area contributed by atoms with Crippen LogP contribution in [0.5, 0.6) is 0 Å². The van der Waals surface area contributed by atoms with Crippen molar-refractivity contribution in [3.63, 3.8) is 0 Å². The van der Waals surface area contributed by atoms with Gasteiger partial charge in [-0.25, -0.2) is 15.6 Å². The first-order chi connectivity index (χ1) is 19.9. The molecule has 2 aliphatic heterocycles. The highest BCUT2D eigenvalue weighted by Crippen LogP contribution is 2.33. The number of aliphatic imine (C=N–C) groups is 1. The molecule has 1 aromatic carbocycles. The molecule has 3 atom stereocenters. The maximum Gasteiger partial charge on any atom is 0.344 e. The molecule has 234 valence electrons. The molecule has 2 aliphatic rings. The molecule has 3 amide bonds. The number of carbonyl (C=O) groups is 4. The molecule has 1 unspecified atom stereocenters. The van der Waals surface area contributed by atoms with Gasteiger partial charge in [0.15, 0.2) is 12.1 Å². The second-order valence-electron chi connectivity index (χ2n) is 11.5. The topological polar surface area (TPSA) is 223 Å². The predicted octanol–water partition coefficient (Wildman–Crippen LogP) is 0.713. The normalized spacial score (nSPS) is 24.0. The standard InChI is InChI=1S/C14H15ClN6O2.C12H22N4O4/c1-14(7-10(22)21(2)12(16)18-14)11-19-20-13(23-11)17-9-5-3-4-8(15)6-9;1-11(2,3)20-9(18)8-14-12(4,10(19)15-13)6-7(17)16(8)5/h3-6H,7H2,1-2H3,(H2,16,18)(H,17,20);8,14H,6,13H2,1-5H3,(H,15,19)/t14-;8-,12?/m00/s1. The molecule has 0 saturated carbocycles. The van der Waals surface area contributed by atoms with Gasteiger partial charge in [-0.05, 0) is 52.8 Å². The van der Waals surface area contributed by atoms with Gasteiger partial charge < -0.3 is 25.1 Å². The van der Waals surface area contributed by atoms with E-state index in [0.717, 1.165) is 0 Å². The summed E-state index contributed by atoms with van der Waals surface area (Å²) in [5, 5.41) is 14.3. The van der Waals surface area contributed by atoms with Crippen LogP contribution in [0.15, 0.2) is 33.7 Å². The maximum absolute atomic E-state index is 12.1. The number of amides is 3. The van der Waals surface area contributed by atoms with Crippen molar-refractivity contribution < 1.29 is 28.3 Å². The van der Waals surface area contributed by atoms with E-state index < -0.39 is 34.7 Å². The average Bonchev–Trinajstić information content (AvgIpc) is 3.37. The Morgan fingerprint density at radius 3 is 2.42 bits per heavy atom. The van der Waals surface area contributed by atoms with E-state index >= 15 is 0 Å². The molecule has 43 heavy (non-hydrogen) atoms. The quantitative estimate of drug-likeness (QED) is 0.135. The highest BCUT2D eigenvalue weighted by Gasteiger charge is 2.47. The zero-order chi connectivity index (χ0) is 32.3. The number of carbonyl (C=O) groups excluding carboxylic acids is 4. The first kappa shape index (κ1) is 33.2. The summed E-state index contributed by atoms with van der Waals surface area (Å²) in [6, 6.07) is 7.27. The number of hydrazine groups is 1. The number of aromatic nitrogens is 2. The number of ether oxygens (including phenoxy) is 1. The number of nitrogens with one attached hydrogen (secondary N) is 3. The van der Waals surface area contributed by atoms with Crippen LogP contribution in [-0.2, 0) is 29.5 Å². The Hall–Kier alpha value is -4.28. The van der Waals surface area contributed by atoms with Crippen molar-refractivity contribution in [1.82, 2.24) is 30.7 Å². The Balaban J connectivity index is 0.000000238. The van der Waals surface area contributed by atoms with E-state index in [1.54, 1.807) is 52.9 Å². The predicted molar refractivity (Wildman–Crippen MR) is 156 cm³/mol. The summed E-state index contributed by atoms with van der Waals surface area (Å²) in [5.41, 5.74) is 5.55. The molecular formula is C26H37ClN10O6. The molecule has 1 aromatic heterocycles. The van der Waals surface area contributed by atoms with Crippen molar-refractivity contribution in [2.45, 2.75) is 70.3 Å². The van der Waals surface area contributed by atoms with Crippen molar-refractivity contribution >= 4 is 53.0 Å². The first-order valence-corrected chi connectivity index (χ1v) is 13.5. The Morgan fingerprint density at radius 1 is 1.16 bits per heavy atom. The van der Waals surface area contributed by atoms with Crippen LogP contribution in [0.2, 0.25) is 5.02 Å². The zero-order valence-electron chi connectivity index (χ0n) is 25.0. The number of hydrogen-bond acceptors (Lipinski definition) is 13. The van der Waals surface area contributed by atoms with Gasteiger partial charge >= 0.3 is 12.0 Å². The smallest absolute Gasteiger partial charge is 0.344 e. The summed E-state index contributed by atoms with van der Waals surface area (Å²) in [4.78, 5) is 54.7. The number of rotatable bonds is 5. The van der Waals surface area contributed by atoms with Crippen LogP contribution in [0.25, 0.3) is 0 Å². The summed E-state index contributed by atoms with van der Waals surface area (Å²) >= 11 is 5.93. The fraction of sp³-hybridized carbons (Fsp3) is 0.500. The van der Waals surface area contributed by atoms with Crippen molar-refractivity contribution in [2.75, 3.05) is 19.4 Å². The fourth-order valence-electron chi connectivity index (χ4n) is 4.11. The fourth-order valence-corrected chi connectivity index (χ4v) is 4.30. The lowest BCUT2D eigenvalue weighted by Crippen LogP contribution is -2.70. The second kappa shape index (κ2) is 12.5. The van der Waals surface area contributed by atoms with Gasteiger partial charge in [0.25, 0.3) is 5.91 Å². The van der Waals surface area contributed by atoms with Crippen molar-refractivity contribution in [1.29, 1.82) is 0 Å². The van der Waals surface area contributed by atoms with Gasteiger partial charge in [0, 0.05) is 24.8 Å². The van der Waals surface area contributed by atoms with Crippen LogP contribution in [0.4, 0.5) is 11.7 Å². The SMILES string of the molecule is CN1C(=O)CC(C)(C(=O)NN)N[C@@H]1C(=O)OC(C)(C)C.CN1C(=O)C[C@@](C)(c2nnc(Nc3cccc(Cl)c3)o2)N=C1N. The zero-order valence-corrected chi connectivity index (χ0v) is 25.8. The number of halogens is 1. The van der Waals surface area contributed by atoms with Crippen molar-refractivity contribution in [2.24, 2.45) is 16.6 Å². The molecule has 16 nitrogen and oxygen atoms in total. The molecule has 17 heteroatoms. The monoisotopic (exact) mass is 620 g/mol. The van der Waals surface area contributed by atoms with Gasteiger partial charge in [-0.1, -0.05) is 22.8 Å². The number of esters is 1. The van der Waals surface area contributed by atoms with E-state index in [1.807, 2.05) is 11.5 Å². The van der Waals surface area contributed by atoms with Crippen LogP contribution in [0, 0.1) is 0 Å².